The third kappa shape index (κ3) is 4.83. The fraction of sp³-hybridized carbons (Fsp3) is 0.350. The van der Waals surface area contributed by atoms with Crippen molar-refractivity contribution in [3.63, 3.8) is 0 Å². The van der Waals surface area contributed by atoms with E-state index in [1.807, 2.05) is 0 Å². The molecule has 1 aliphatic heterocycles. The lowest BCUT2D eigenvalue weighted by molar-refractivity contribution is 0.0858. The van der Waals surface area contributed by atoms with E-state index < -0.39 is 10.0 Å². The van der Waals surface area contributed by atoms with Gasteiger partial charge in [-0.05, 0) is 55.3 Å². The monoisotopic (exact) mass is 438 g/mol. The maximum absolute atomic E-state index is 12.9. The number of halogens is 1. The number of hydrogen-bond acceptors (Lipinski definition) is 5. The number of benzene rings is 2. The standard InChI is InChI=1S/C20H23ClN2O5S/c1-23(29(25,26)17-8-6-15(27-2)7-9-17)14-5-10-19(21)18(12-14)20(24)22-13-16-4-3-11-28-16/h5-10,12,16H,3-4,11,13H2,1-2H3,(H,22,24)/t16-/m0/s1. The Morgan fingerprint density at radius 2 is 2.00 bits per heavy atom. The number of amides is 1. The molecular weight excluding hydrogens is 416 g/mol. The Bertz CT molecular complexity index is 973. The van der Waals surface area contributed by atoms with Gasteiger partial charge in [-0.2, -0.15) is 0 Å². The minimum atomic E-state index is -3.81. The molecule has 0 spiro atoms. The molecule has 0 aromatic heterocycles. The molecule has 0 saturated carbocycles. The molecule has 0 bridgehead atoms. The maximum atomic E-state index is 12.9. The van der Waals surface area contributed by atoms with Crippen molar-refractivity contribution in [1.82, 2.24) is 5.32 Å². The molecule has 2 aromatic carbocycles. The average molecular weight is 439 g/mol. The van der Waals surface area contributed by atoms with Crippen molar-refractivity contribution in [2.75, 3.05) is 31.6 Å². The van der Waals surface area contributed by atoms with E-state index in [9.17, 15) is 13.2 Å². The van der Waals surface area contributed by atoms with Crippen molar-refractivity contribution >= 4 is 33.2 Å². The predicted octanol–water partition coefficient (Wildman–Crippen LogP) is 3.08. The summed E-state index contributed by atoms with van der Waals surface area (Å²) in [7, 11) is -0.879. The van der Waals surface area contributed by atoms with Gasteiger partial charge in [0.05, 0.1) is 34.4 Å². The SMILES string of the molecule is COc1ccc(S(=O)(=O)N(C)c2ccc(Cl)c(C(=O)NC[C@@H]3CCCO3)c2)cc1. The first-order chi connectivity index (χ1) is 13.8. The number of carbonyl (C=O) groups excluding carboxylic acids is 1. The summed E-state index contributed by atoms with van der Waals surface area (Å²) >= 11 is 6.18. The van der Waals surface area contributed by atoms with E-state index in [2.05, 4.69) is 5.32 Å². The lowest BCUT2D eigenvalue weighted by Gasteiger charge is -2.21. The number of ether oxygens (including phenoxy) is 2. The summed E-state index contributed by atoms with van der Waals surface area (Å²) in [6.07, 6.45) is 1.88. The lowest BCUT2D eigenvalue weighted by Crippen LogP contribution is -2.32. The molecule has 9 heteroatoms. The summed E-state index contributed by atoms with van der Waals surface area (Å²) in [6.45, 7) is 1.09. The van der Waals surface area contributed by atoms with Gasteiger partial charge < -0.3 is 14.8 Å². The van der Waals surface area contributed by atoms with Crippen molar-refractivity contribution < 1.29 is 22.7 Å². The summed E-state index contributed by atoms with van der Waals surface area (Å²) in [6, 6.07) is 10.6. The van der Waals surface area contributed by atoms with Crippen molar-refractivity contribution in [3.05, 3.63) is 53.1 Å². The molecule has 1 saturated heterocycles. The van der Waals surface area contributed by atoms with Crippen LogP contribution in [-0.4, -0.2) is 47.7 Å². The fourth-order valence-corrected chi connectivity index (χ4v) is 4.43. The molecule has 156 valence electrons. The number of anilines is 1. The summed E-state index contributed by atoms with van der Waals surface area (Å²) in [4.78, 5) is 12.7. The van der Waals surface area contributed by atoms with Crippen LogP contribution < -0.4 is 14.4 Å². The van der Waals surface area contributed by atoms with Gasteiger partial charge in [0, 0.05) is 20.2 Å². The van der Waals surface area contributed by atoms with Crippen LogP contribution >= 0.6 is 11.6 Å². The van der Waals surface area contributed by atoms with E-state index in [1.54, 1.807) is 18.2 Å². The molecule has 7 nitrogen and oxygen atoms in total. The molecule has 1 atom stereocenters. The zero-order chi connectivity index (χ0) is 21.0. The van der Waals surface area contributed by atoms with Gasteiger partial charge in [0.2, 0.25) is 0 Å². The molecule has 1 heterocycles. The normalized spacial score (nSPS) is 16.4. The summed E-state index contributed by atoms with van der Waals surface area (Å²) in [5.41, 5.74) is 0.534. The first kappa shape index (κ1) is 21.4. The van der Waals surface area contributed by atoms with E-state index in [-0.39, 0.29) is 27.5 Å². The highest BCUT2D eigenvalue weighted by atomic mass is 35.5. The zero-order valence-corrected chi connectivity index (χ0v) is 17.8. The molecule has 3 rings (SSSR count). The molecule has 29 heavy (non-hydrogen) atoms. The van der Waals surface area contributed by atoms with Gasteiger partial charge in [0.15, 0.2) is 0 Å². The van der Waals surface area contributed by atoms with E-state index in [1.165, 1.54) is 38.4 Å². The smallest absolute Gasteiger partial charge is 0.264 e. The average Bonchev–Trinajstić information content (AvgIpc) is 3.25. The highest BCUT2D eigenvalue weighted by Crippen LogP contribution is 2.27. The Kier molecular flexibility index (Phi) is 6.66. The first-order valence-electron chi connectivity index (χ1n) is 9.15. The van der Waals surface area contributed by atoms with Crippen LogP contribution in [0.5, 0.6) is 5.75 Å². The first-order valence-corrected chi connectivity index (χ1v) is 11.0. The van der Waals surface area contributed by atoms with Crippen molar-refractivity contribution in [2.24, 2.45) is 0 Å². The number of nitrogens with one attached hydrogen (secondary N) is 1. The Hall–Kier alpha value is -2.29. The minimum absolute atomic E-state index is 0.000897. The van der Waals surface area contributed by atoms with Gasteiger partial charge in [-0.15, -0.1) is 0 Å². The number of hydrogen-bond donors (Lipinski definition) is 1. The second-order valence-electron chi connectivity index (χ2n) is 6.66. The number of rotatable bonds is 7. The molecule has 1 aliphatic rings. The van der Waals surface area contributed by atoms with Crippen LogP contribution in [0, 0.1) is 0 Å². The van der Waals surface area contributed by atoms with Gasteiger partial charge in [-0.3, -0.25) is 9.10 Å². The molecule has 0 aliphatic carbocycles. The van der Waals surface area contributed by atoms with Crippen molar-refractivity contribution in [1.29, 1.82) is 0 Å². The molecule has 1 amide bonds. The molecule has 1 fully saturated rings. The molecule has 1 N–H and O–H groups in total. The van der Waals surface area contributed by atoms with Crippen LogP contribution in [0.15, 0.2) is 47.4 Å². The summed E-state index contributed by atoms with van der Waals surface area (Å²) in [5, 5.41) is 3.05. The number of carbonyl (C=O) groups is 1. The number of sulfonamides is 1. The second kappa shape index (κ2) is 9.02. The largest absolute Gasteiger partial charge is 0.497 e. The zero-order valence-electron chi connectivity index (χ0n) is 16.2. The highest BCUT2D eigenvalue weighted by molar-refractivity contribution is 7.92. The van der Waals surface area contributed by atoms with Crippen LogP contribution in [0.3, 0.4) is 0 Å². The lowest BCUT2D eigenvalue weighted by atomic mass is 10.1. The van der Waals surface area contributed by atoms with Gasteiger partial charge >= 0.3 is 0 Å². The van der Waals surface area contributed by atoms with Gasteiger partial charge in [-0.25, -0.2) is 8.42 Å². The van der Waals surface area contributed by atoms with Crippen molar-refractivity contribution in [3.8, 4) is 5.75 Å². The van der Waals surface area contributed by atoms with Crippen LogP contribution in [-0.2, 0) is 14.8 Å². The van der Waals surface area contributed by atoms with E-state index >= 15 is 0 Å². The quantitative estimate of drug-likeness (QED) is 0.718. The maximum Gasteiger partial charge on any atom is 0.264 e. The summed E-state index contributed by atoms with van der Waals surface area (Å²) in [5.74, 6) is 0.186. The molecule has 0 unspecified atom stereocenters. The number of nitrogens with zero attached hydrogens (tertiary/aromatic N) is 1. The van der Waals surface area contributed by atoms with Crippen LogP contribution in [0.2, 0.25) is 5.02 Å². The van der Waals surface area contributed by atoms with Gasteiger partial charge in [0.1, 0.15) is 5.75 Å². The van der Waals surface area contributed by atoms with Crippen LogP contribution in [0.1, 0.15) is 23.2 Å². The molecule has 0 radical (unpaired) electrons. The molecule has 2 aromatic rings. The summed E-state index contributed by atoms with van der Waals surface area (Å²) < 4.78 is 37.5. The number of methoxy groups -OCH3 is 1. The highest BCUT2D eigenvalue weighted by Gasteiger charge is 2.23. The van der Waals surface area contributed by atoms with Gasteiger partial charge in [-0.1, -0.05) is 11.6 Å². The van der Waals surface area contributed by atoms with Crippen LogP contribution in [0.25, 0.3) is 0 Å². The Morgan fingerprint density at radius 1 is 1.28 bits per heavy atom. The minimum Gasteiger partial charge on any atom is -0.497 e. The van der Waals surface area contributed by atoms with Crippen LogP contribution in [0.4, 0.5) is 5.69 Å². The van der Waals surface area contributed by atoms with Gasteiger partial charge in [0.25, 0.3) is 15.9 Å². The second-order valence-corrected chi connectivity index (χ2v) is 9.03. The Labute approximate surface area is 175 Å². The Morgan fingerprint density at radius 3 is 2.62 bits per heavy atom. The third-order valence-corrected chi connectivity index (χ3v) is 6.92. The van der Waals surface area contributed by atoms with E-state index in [0.29, 0.717) is 24.6 Å². The fourth-order valence-electron chi connectivity index (χ4n) is 3.03. The molecular formula is C20H23ClN2O5S. The predicted molar refractivity (Wildman–Crippen MR) is 111 cm³/mol. The van der Waals surface area contributed by atoms with E-state index in [4.69, 9.17) is 21.1 Å². The van der Waals surface area contributed by atoms with E-state index in [0.717, 1.165) is 17.1 Å². The van der Waals surface area contributed by atoms with Crippen molar-refractivity contribution in [2.45, 2.75) is 23.8 Å². The Balaban J connectivity index is 1.80. The third-order valence-electron chi connectivity index (χ3n) is 4.79. The topological polar surface area (TPSA) is 84.9 Å².